The summed E-state index contributed by atoms with van der Waals surface area (Å²) < 4.78 is 38.1. The molecule has 0 spiro atoms. The summed E-state index contributed by atoms with van der Waals surface area (Å²) in [5.74, 6) is -0.821. The molecule has 2 fully saturated rings. The van der Waals surface area contributed by atoms with Crippen LogP contribution >= 0.6 is 0 Å². The van der Waals surface area contributed by atoms with Crippen LogP contribution in [0, 0.1) is 28.9 Å². The van der Waals surface area contributed by atoms with Crippen molar-refractivity contribution in [3.05, 3.63) is 71.7 Å². The van der Waals surface area contributed by atoms with Gasteiger partial charge in [-0.25, -0.2) is 13.8 Å². The maximum Gasteiger partial charge on any atom is 0.229 e. The Morgan fingerprint density at radius 3 is 2.73 bits per heavy atom. The van der Waals surface area contributed by atoms with Crippen molar-refractivity contribution in [3.8, 4) is 17.3 Å². The third-order valence-electron chi connectivity index (χ3n) is 8.55. The van der Waals surface area contributed by atoms with E-state index in [1.54, 1.807) is 35.6 Å². The summed E-state index contributed by atoms with van der Waals surface area (Å²) in [6, 6.07) is 9.66. The van der Waals surface area contributed by atoms with Crippen molar-refractivity contribution in [2.45, 2.75) is 63.6 Å². The van der Waals surface area contributed by atoms with Crippen molar-refractivity contribution in [1.82, 2.24) is 24.5 Å². The van der Waals surface area contributed by atoms with Gasteiger partial charge in [-0.05, 0) is 72.6 Å². The van der Waals surface area contributed by atoms with Crippen molar-refractivity contribution in [1.29, 1.82) is 5.26 Å². The molecule has 1 amide bonds. The maximum absolute atomic E-state index is 15.3. The number of likely N-dealkylation sites (tertiary alicyclic amines) is 1. The average molecular weight is 601 g/mol. The number of nitrogens with two attached hydrogens (primary N) is 1. The van der Waals surface area contributed by atoms with Gasteiger partial charge in [-0.1, -0.05) is 6.92 Å². The normalized spacial score (nSPS) is 22.0. The van der Waals surface area contributed by atoms with E-state index in [9.17, 15) is 4.79 Å². The number of carbonyl (C=O) groups excluding carboxylic acids is 1. The first-order chi connectivity index (χ1) is 21.3. The minimum absolute atomic E-state index is 0.00927. The summed E-state index contributed by atoms with van der Waals surface area (Å²) in [6.07, 6.45) is 8.05. The lowest BCUT2D eigenvalue weighted by molar-refractivity contribution is -0.128. The van der Waals surface area contributed by atoms with E-state index in [0.29, 0.717) is 49.4 Å². The Hall–Kier alpha value is -4.47. The van der Waals surface area contributed by atoms with Crippen molar-refractivity contribution >= 4 is 23.1 Å². The Bertz CT molecular complexity index is 1690. The molecule has 1 saturated heterocycles. The van der Waals surface area contributed by atoms with Gasteiger partial charge in [0.2, 0.25) is 11.9 Å². The standard InChI is InChI=1S/C32H34F2N8O2/c1-19-12-21(15-26(36)31(19)44-11-3-8-35)23-7-9-37-17-28(23)39-32-38-16-22-5-6-27(40-42(22)32)30-24(33)13-20(14-25(30)34)18-41-10-2-4-29(41)43/h5-7,9,13-14,16-17,19,21,26,31H,2-4,10-12,15,18,36H2,1H3,(H,38,39)/t19-,21+,26+,31-/m0/s1. The second-order valence-electron chi connectivity index (χ2n) is 11.6. The van der Waals surface area contributed by atoms with Gasteiger partial charge in [-0.3, -0.25) is 9.78 Å². The van der Waals surface area contributed by atoms with Crippen LogP contribution < -0.4 is 11.1 Å². The predicted molar refractivity (Wildman–Crippen MR) is 160 cm³/mol. The van der Waals surface area contributed by atoms with Crippen molar-refractivity contribution in [2.24, 2.45) is 11.7 Å². The molecule has 1 aromatic carbocycles. The second-order valence-corrected chi connectivity index (χ2v) is 11.6. The van der Waals surface area contributed by atoms with Gasteiger partial charge >= 0.3 is 0 Å². The third kappa shape index (κ3) is 5.98. The molecule has 4 heterocycles. The molecular weight excluding hydrogens is 566 g/mol. The number of imidazole rings is 1. The van der Waals surface area contributed by atoms with Gasteiger partial charge in [0.25, 0.3) is 0 Å². The number of amides is 1. The van der Waals surface area contributed by atoms with E-state index in [4.69, 9.17) is 15.7 Å². The van der Waals surface area contributed by atoms with E-state index in [2.05, 4.69) is 33.4 Å². The molecule has 0 bridgehead atoms. The number of nitriles is 1. The van der Waals surface area contributed by atoms with Crippen LogP contribution in [0.3, 0.4) is 0 Å². The number of fused-ring (bicyclic) bond motifs is 1. The number of hydrogen-bond donors (Lipinski definition) is 2. The average Bonchev–Trinajstić information content (AvgIpc) is 3.59. The summed E-state index contributed by atoms with van der Waals surface area (Å²) in [5.41, 5.74) is 9.19. The topological polar surface area (TPSA) is 134 Å². The van der Waals surface area contributed by atoms with Gasteiger partial charge in [0, 0.05) is 31.7 Å². The molecule has 1 aliphatic carbocycles. The van der Waals surface area contributed by atoms with Gasteiger partial charge in [-0.15, -0.1) is 0 Å². The fourth-order valence-electron chi connectivity index (χ4n) is 6.49. The number of ether oxygens (including phenoxy) is 1. The summed E-state index contributed by atoms with van der Waals surface area (Å²) in [5, 5.41) is 16.7. The zero-order chi connectivity index (χ0) is 30.8. The molecule has 3 N–H and O–H groups in total. The highest BCUT2D eigenvalue weighted by atomic mass is 19.1. The van der Waals surface area contributed by atoms with E-state index >= 15 is 8.78 Å². The van der Waals surface area contributed by atoms with E-state index in [1.807, 2.05) is 6.07 Å². The number of anilines is 2. The smallest absolute Gasteiger partial charge is 0.229 e. The van der Waals surface area contributed by atoms with E-state index < -0.39 is 11.6 Å². The number of nitrogens with one attached hydrogen (secondary N) is 1. The van der Waals surface area contributed by atoms with Crippen LogP contribution in [-0.4, -0.2) is 55.7 Å². The van der Waals surface area contributed by atoms with Crippen molar-refractivity contribution in [3.63, 3.8) is 0 Å². The number of halogens is 2. The zero-order valence-electron chi connectivity index (χ0n) is 24.4. The molecule has 2 aliphatic rings. The molecule has 3 aromatic heterocycles. The summed E-state index contributed by atoms with van der Waals surface area (Å²) in [6.45, 7) is 3.23. The molecule has 4 aromatic rings. The lowest BCUT2D eigenvalue weighted by Crippen LogP contribution is -2.46. The molecule has 0 radical (unpaired) electrons. The number of benzene rings is 1. The van der Waals surface area contributed by atoms with E-state index in [0.717, 1.165) is 24.1 Å². The van der Waals surface area contributed by atoms with Gasteiger partial charge in [0.15, 0.2) is 0 Å². The van der Waals surface area contributed by atoms with Crippen LogP contribution in [0.25, 0.3) is 16.8 Å². The summed E-state index contributed by atoms with van der Waals surface area (Å²) >= 11 is 0. The number of hydrogen-bond acceptors (Lipinski definition) is 8. The highest BCUT2D eigenvalue weighted by Crippen LogP contribution is 2.40. The predicted octanol–water partition coefficient (Wildman–Crippen LogP) is 5.08. The van der Waals surface area contributed by atoms with Crippen LogP contribution in [0.5, 0.6) is 0 Å². The molecule has 6 rings (SSSR count). The molecule has 0 unspecified atom stereocenters. The molecular formula is C32H34F2N8O2. The van der Waals surface area contributed by atoms with Gasteiger partial charge in [0.05, 0.1) is 60.1 Å². The Balaban J connectivity index is 1.24. The quantitative estimate of drug-likeness (QED) is 0.254. The Kier molecular flexibility index (Phi) is 8.50. The van der Waals surface area contributed by atoms with Gasteiger partial charge < -0.3 is 20.7 Å². The first-order valence-electron chi connectivity index (χ1n) is 14.9. The number of nitrogens with zero attached hydrogens (tertiary/aromatic N) is 6. The molecule has 12 heteroatoms. The largest absolute Gasteiger partial charge is 0.375 e. The maximum atomic E-state index is 15.3. The highest BCUT2D eigenvalue weighted by molar-refractivity contribution is 5.78. The SMILES string of the molecule is C[C@H]1C[C@@H](c2ccncc2Nc2ncc3ccc(-c4c(F)cc(CN5CCCC5=O)cc4F)nn23)C[C@@H](N)[C@H]1OCCC#N. The number of carbonyl (C=O) groups is 1. The number of pyridine rings is 1. The molecule has 10 nitrogen and oxygen atoms in total. The second kappa shape index (κ2) is 12.6. The van der Waals surface area contributed by atoms with Crippen molar-refractivity contribution in [2.75, 3.05) is 18.5 Å². The Labute approximate surface area is 253 Å². The fourth-order valence-corrected chi connectivity index (χ4v) is 6.49. The third-order valence-corrected chi connectivity index (χ3v) is 8.55. The van der Waals surface area contributed by atoms with E-state index in [1.165, 1.54) is 16.6 Å². The van der Waals surface area contributed by atoms with Crippen LogP contribution in [-0.2, 0) is 16.1 Å². The minimum Gasteiger partial charge on any atom is -0.375 e. The van der Waals surface area contributed by atoms with Gasteiger partial charge in [0.1, 0.15) is 11.6 Å². The number of aromatic nitrogens is 4. The Morgan fingerprint density at radius 2 is 2.00 bits per heavy atom. The summed E-state index contributed by atoms with van der Waals surface area (Å²) in [7, 11) is 0. The van der Waals surface area contributed by atoms with Gasteiger partial charge in [-0.2, -0.15) is 14.9 Å². The molecule has 1 saturated carbocycles. The first kappa shape index (κ1) is 29.6. The lowest BCUT2D eigenvalue weighted by atomic mass is 9.74. The zero-order valence-corrected chi connectivity index (χ0v) is 24.4. The molecule has 228 valence electrons. The minimum atomic E-state index is -0.750. The first-order valence-corrected chi connectivity index (χ1v) is 14.9. The van der Waals surface area contributed by atoms with Crippen LogP contribution in [0.2, 0.25) is 0 Å². The molecule has 4 atom stereocenters. The molecule has 44 heavy (non-hydrogen) atoms. The van der Waals surface area contributed by atoms with E-state index in [-0.39, 0.29) is 47.7 Å². The monoisotopic (exact) mass is 600 g/mol. The summed E-state index contributed by atoms with van der Waals surface area (Å²) in [4.78, 5) is 22.4. The van der Waals surface area contributed by atoms with Crippen LogP contribution in [0.1, 0.15) is 56.1 Å². The van der Waals surface area contributed by atoms with Crippen LogP contribution in [0.15, 0.2) is 48.9 Å². The number of rotatable bonds is 9. The van der Waals surface area contributed by atoms with Crippen LogP contribution in [0.4, 0.5) is 20.4 Å². The fraction of sp³-hybridized carbons (Fsp3) is 0.406. The Morgan fingerprint density at radius 1 is 1.18 bits per heavy atom. The van der Waals surface area contributed by atoms with Crippen molar-refractivity contribution < 1.29 is 18.3 Å². The molecule has 1 aliphatic heterocycles. The highest BCUT2D eigenvalue weighted by Gasteiger charge is 2.36. The lowest BCUT2D eigenvalue weighted by Gasteiger charge is -2.39.